The zero-order chi connectivity index (χ0) is 22.3. The number of aromatic amines is 1. The Bertz CT molecular complexity index is 1230. The van der Waals surface area contributed by atoms with Crippen LogP contribution in [-0.2, 0) is 17.6 Å². The van der Waals surface area contributed by atoms with Gasteiger partial charge in [0.1, 0.15) is 5.75 Å². The summed E-state index contributed by atoms with van der Waals surface area (Å²) in [6, 6.07) is 14.8. The van der Waals surface area contributed by atoms with E-state index in [1.807, 2.05) is 30.5 Å². The Hall–Kier alpha value is -3.85. The molecule has 3 amide bonds. The van der Waals surface area contributed by atoms with E-state index in [0.29, 0.717) is 28.8 Å². The zero-order valence-electron chi connectivity index (χ0n) is 17.5. The van der Waals surface area contributed by atoms with Gasteiger partial charge in [-0.2, -0.15) is 0 Å². The van der Waals surface area contributed by atoms with E-state index < -0.39 is 6.03 Å². The maximum absolute atomic E-state index is 12.3. The van der Waals surface area contributed by atoms with Crippen molar-refractivity contribution in [1.29, 1.82) is 0 Å². The number of ether oxygens (including phenoxy) is 1. The topological polar surface area (TPSA) is 108 Å². The molecule has 0 radical (unpaired) electrons. The molecule has 0 spiro atoms. The maximum atomic E-state index is 12.3. The second kappa shape index (κ2) is 9.97. The first-order valence-corrected chi connectivity index (χ1v) is 11.0. The van der Waals surface area contributed by atoms with E-state index in [0.717, 1.165) is 11.9 Å². The number of carbonyl (C=O) groups is 2. The summed E-state index contributed by atoms with van der Waals surface area (Å²) in [5.41, 5.74) is 3.42. The van der Waals surface area contributed by atoms with Crippen LogP contribution < -0.4 is 20.7 Å². The van der Waals surface area contributed by atoms with Crippen LogP contribution in [0.2, 0.25) is 0 Å². The fourth-order valence-corrected chi connectivity index (χ4v) is 4.05. The number of amides is 3. The van der Waals surface area contributed by atoms with E-state index in [1.165, 1.54) is 29.4 Å². The number of urea groups is 1. The SMILES string of the molecule is COc1ccccc1NC(=O)Nc1nc(CC(=O)NCCc2c[nH]c3ccccc23)cs1. The lowest BCUT2D eigenvalue weighted by atomic mass is 10.1. The molecule has 0 saturated carbocycles. The largest absolute Gasteiger partial charge is 0.495 e. The van der Waals surface area contributed by atoms with Crippen molar-refractivity contribution in [3.05, 3.63) is 71.4 Å². The Kier molecular flexibility index (Phi) is 6.66. The van der Waals surface area contributed by atoms with Crippen molar-refractivity contribution in [2.75, 3.05) is 24.3 Å². The van der Waals surface area contributed by atoms with Crippen LogP contribution in [0.3, 0.4) is 0 Å². The van der Waals surface area contributed by atoms with Gasteiger partial charge in [0.05, 0.1) is 24.9 Å². The molecule has 0 aliphatic carbocycles. The number of fused-ring (bicyclic) bond motifs is 1. The van der Waals surface area contributed by atoms with Gasteiger partial charge in [-0.05, 0) is 30.2 Å². The van der Waals surface area contributed by atoms with E-state index in [-0.39, 0.29) is 12.3 Å². The number of hydrogen-bond acceptors (Lipinski definition) is 5. The predicted molar refractivity (Wildman–Crippen MR) is 126 cm³/mol. The van der Waals surface area contributed by atoms with Crippen molar-refractivity contribution in [2.45, 2.75) is 12.8 Å². The minimum absolute atomic E-state index is 0.111. The Morgan fingerprint density at radius 1 is 1.09 bits per heavy atom. The molecule has 2 heterocycles. The summed E-state index contributed by atoms with van der Waals surface area (Å²) in [6.45, 7) is 0.539. The number of benzene rings is 2. The molecule has 8 nitrogen and oxygen atoms in total. The van der Waals surface area contributed by atoms with Gasteiger partial charge in [-0.15, -0.1) is 11.3 Å². The van der Waals surface area contributed by atoms with Gasteiger partial charge >= 0.3 is 6.03 Å². The molecule has 4 N–H and O–H groups in total. The summed E-state index contributed by atoms with van der Waals surface area (Å²) in [4.78, 5) is 32.1. The van der Waals surface area contributed by atoms with E-state index in [9.17, 15) is 9.59 Å². The van der Waals surface area contributed by atoms with E-state index in [4.69, 9.17) is 4.74 Å². The number of nitrogens with one attached hydrogen (secondary N) is 4. The summed E-state index contributed by atoms with van der Waals surface area (Å²) in [5, 5.41) is 11.7. The molecule has 0 aliphatic rings. The molecule has 0 fully saturated rings. The number of carbonyl (C=O) groups excluding carboxylic acids is 2. The first kappa shape index (κ1) is 21.4. The van der Waals surface area contributed by atoms with Gasteiger partial charge in [0.25, 0.3) is 0 Å². The Morgan fingerprint density at radius 3 is 2.78 bits per heavy atom. The normalized spacial score (nSPS) is 10.7. The number of rotatable bonds is 8. The molecule has 0 unspecified atom stereocenters. The van der Waals surface area contributed by atoms with Crippen LogP contribution in [0.25, 0.3) is 10.9 Å². The highest BCUT2D eigenvalue weighted by Gasteiger charge is 2.12. The number of para-hydroxylation sites is 3. The highest BCUT2D eigenvalue weighted by atomic mass is 32.1. The summed E-state index contributed by atoms with van der Waals surface area (Å²) >= 11 is 1.27. The molecule has 0 bridgehead atoms. The number of methoxy groups -OCH3 is 1. The quantitative estimate of drug-likeness (QED) is 0.324. The molecule has 0 aliphatic heterocycles. The van der Waals surface area contributed by atoms with E-state index in [1.54, 1.807) is 23.6 Å². The molecule has 164 valence electrons. The van der Waals surface area contributed by atoms with Gasteiger partial charge in [-0.25, -0.2) is 9.78 Å². The summed E-state index contributed by atoms with van der Waals surface area (Å²) in [7, 11) is 1.54. The average molecular weight is 450 g/mol. The molecule has 9 heteroatoms. The maximum Gasteiger partial charge on any atom is 0.325 e. The summed E-state index contributed by atoms with van der Waals surface area (Å²) < 4.78 is 5.22. The number of H-pyrrole nitrogens is 1. The van der Waals surface area contributed by atoms with E-state index in [2.05, 4.69) is 32.0 Å². The highest BCUT2D eigenvalue weighted by Crippen LogP contribution is 2.24. The lowest BCUT2D eigenvalue weighted by Gasteiger charge is -2.09. The lowest BCUT2D eigenvalue weighted by Crippen LogP contribution is -2.27. The van der Waals surface area contributed by atoms with Crippen LogP contribution in [0.4, 0.5) is 15.6 Å². The minimum atomic E-state index is -0.432. The zero-order valence-corrected chi connectivity index (χ0v) is 18.3. The second-order valence-corrected chi connectivity index (χ2v) is 7.92. The molecule has 4 rings (SSSR count). The molecule has 0 atom stereocenters. The monoisotopic (exact) mass is 449 g/mol. The number of aromatic nitrogens is 2. The van der Waals surface area contributed by atoms with Crippen molar-refractivity contribution in [3.8, 4) is 5.75 Å². The number of thiazole rings is 1. The Morgan fingerprint density at radius 2 is 1.91 bits per heavy atom. The first-order chi connectivity index (χ1) is 15.6. The molecular weight excluding hydrogens is 426 g/mol. The van der Waals surface area contributed by atoms with Gasteiger partial charge in [-0.3, -0.25) is 10.1 Å². The van der Waals surface area contributed by atoms with Gasteiger partial charge in [0.15, 0.2) is 5.13 Å². The number of hydrogen-bond donors (Lipinski definition) is 4. The van der Waals surface area contributed by atoms with Crippen LogP contribution in [0.5, 0.6) is 5.75 Å². The number of nitrogens with zero attached hydrogens (tertiary/aromatic N) is 1. The average Bonchev–Trinajstić information content (AvgIpc) is 3.41. The third-order valence-corrected chi connectivity index (χ3v) is 5.67. The van der Waals surface area contributed by atoms with Crippen LogP contribution in [-0.4, -0.2) is 35.6 Å². The van der Waals surface area contributed by atoms with Crippen LogP contribution in [0, 0.1) is 0 Å². The summed E-state index contributed by atoms with van der Waals surface area (Å²) in [5.74, 6) is 0.451. The second-order valence-electron chi connectivity index (χ2n) is 7.06. The van der Waals surface area contributed by atoms with Gasteiger partial charge < -0.3 is 20.4 Å². The fourth-order valence-electron chi connectivity index (χ4n) is 3.35. The Labute approximate surface area is 189 Å². The molecule has 0 saturated heterocycles. The summed E-state index contributed by atoms with van der Waals surface area (Å²) in [6.07, 6.45) is 2.87. The molecule has 2 aromatic heterocycles. The van der Waals surface area contributed by atoms with Gasteiger partial charge in [-0.1, -0.05) is 30.3 Å². The number of anilines is 2. The van der Waals surface area contributed by atoms with Crippen molar-refractivity contribution in [2.24, 2.45) is 0 Å². The van der Waals surface area contributed by atoms with Crippen LogP contribution >= 0.6 is 11.3 Å². The standard InChI is InChI=1S/C23H23N5O3S/c1-31-20-9-5-4-8-19(20)27-22(30)28-23-26-16(14-32-23)12-21(29)24-11-10-15-13-25-18-7-3-2-6-17(15)18/h2-9,13-14,25H,10-12H2,1H3,(H,24,29)(H2,26,27,28,30). The van der Waals surface area contributed by atoms with Crippen LogP contribution in [0.1, 0.15) is 11.3 Å². The van der Waals surface area contributed by atoms with Gasteiger partial charge in [0, 0.05) is 29.0 Å². The smallest absolute Gasteiger partial charge is 0.325 e. The van der Waals surface area contributed by atoms with Crippen molar-refractivity contribution >= 4 is 45.0 Å². The molecular formula is C23H23N5O3S. The third kappa shape index (κ3) is 5.25. The van der Waals surface area contributed by atoms with Crippen molar-refractivity contribution < 1.29 is 14.3 Å². The van der Waals surface area contributed by atoms with E-state index >= 15 is 0 Å². The van der Waals surface area contributed by atoms with Crippen molar-refractivity contribution in [3.63, 3.8) is 0 Å². The van der Waals surface area contributed by atoms with Crippen LogP contribution in [0.15, 0.2) is 60.1 Å². The lowest BCUT2D eigenvalue weighted by molar-refractivity contribution is -0.120. The molecule has 2 aromatic carbocycles. The molecule has 4 aromatic rings. The first-order valence-electron chi connectivity index (χ1n) is 10.1. The minimum Gasteiger partial charge on any atom is -0.495 e. The van der Waals surface area contributed by atoms with Crippen molar-refractivity contribution in [1.82, 2.24) is 15.3 Å². The Balaban J connectivity index is 1.24. The molecule has 32 heavy (non-hydrogen) atoms. The third-order valence-electron chi connectivity index (χ3n) is 4.86. The predicted octanol–water partition coefficient (Wildman–Crippen LogP) is 4.18. The highest BCUT2D eigenvalue weighted by molar-refractivity contribution is 7.14. The van der Waals surface area contributed by atoms with Gasteiger partial charge in [0.2, 0.25) is 5.91 Å². The fraction of sp³-hybridized carbons (Fsp3) is 0.174.